The average Bonchev–Trinajstić information content (AvgIpc) is 2.40. The van der Waals surface area contributed by atoms with Crippen molar-refractivity contribution in [1.82, 2.24) is 4.98 Å². The van der Waals surface area contributed by atoms with Gasteiger partial charge in [0, 0.05) is 12.4 Å². The van der Waals surface area contributed by atoms with Crippen molar-refractivity contribution in [3.63, 3.8) is 0 Å². The number of hydrogen-bond acceptors (Lipinski definition) is 4. The number of ether oxygens (including phenoxy) is 2. The van der Waals surface area contributed by atoms with Crippen LogP contribution in [0.15, 0.2) is 18.2 Å². The molecule has 18 heavy (non-hydrogen) atoms. The first-order valence-corrected chi connectivity index (χ1v) is 5.82. The molecule has 1 aliphatic rings. The molecule has 0 fully saturated rings. The molecule has 3 rings (SSSR count). The monoisotopic (exact) mass is 240 g/mol. The first-order valence-electron chi connectivity index (χ1n) is 5.82. The molecule has 0 atom stereocenters. The summed E-state index contributed by atoms with van der Waals surface area (Å²) >= 11 is 0. The SMILES string of the molecule is [B]c1nc2c(c3cc(OC)ccc13)OCCN2C. The summed E-state index contributed by atoms with van der Waals surface area (Å²) in [5.41, 5.74) is 0.517. The highest BCUT2D eigenvalue weighted by molar-refractivity contribution is 6.37. The van der Waals surface area contributed by atoms with Crippen LogP contribution in [0.3, 0.4) is 0 Å². The van der Waals surface area contributed by atoms with E-state index >= 15 is 0 Å². The Morgan fingerprint density at radius 2 is 2.22 bits per heavy atom. The number of nitrogens with zero attached hydrogens (tertiary/aromatic N) is 2. The molecule has 1 aromatic carbocycles. The molecule has 2 heterocycles. The summed E-state index contributed by atoms with van der Waals surface area (Å²) in [5.74, 6) is 2.36. The summed E-state index contributed by atoms with van der Waals surface area (Å²) in [6.07, 6.45) is 0. The lowest BCUT2D eigenvalue weighted by atomic mass is 9.95. The molecule has 0 saturated heterocycles. The molecule has 2 aromatic rings. The van der Waals surface area contributed by atoms with Gasteiger partial charge >= 0.3 is 0 Å². The second-order valence-corrected chi connectivity index (χ2v) is 4.33. The van der Waals surface area contributed by atoms with Crippen molar-refractivity contribution in [3.05, 3.63) is 18.2 Å². The Morgan fingerprint density at radius 1 is 1.39 bits per heavy atom. The number of likely N-dealkylation sites (N-methyl/N-ethyl adjacent to an activating group) is 1. The lowest BCUT2D eigenvalue weighted by Gasteiger charge is -2.28. The highest BCUT2D eigenvalue weighted by Gasteiger charge is 2.20. The normalized spacial score (nSPS) is 14.2. The van der Waals surface area contributed by atoms with E-state index in [0.29, 0.717) is 12.2 Å². The summed E-state index contributed by atoms with van der Waals surface area (Å²) in [6, 6.07) is 5.72. The quantitative estimate of drug-likeness (QED) is 0.692. The number of anilines is 1. The fourth-order valence-electron chi connectivity index (χ4n) is 2.20. The molecule has 1 aromatic heterocycles. The number of fused-ring (bicyclic) bond motifs is 3. The Bertz CT molecular complexity index is 615. The van der Waals surface area contributed by atoms with Gasteiger partial charge in [-0.2, -0.15) is 0 Å². The van der Waals surface area contributed by atoms with Gasteiger partial charge < -0.3 is 14.4 Å². The molecule has 1 aliphatic heterocycles. The summed E-state index contributed by atoms with van der Waals surface area (Å²) < 4.78 is 11.0. The van der Waals surface area contributed by atoms with Gasteiger partial charge in [0.25, 0.3) is 0 Å². The first kappa shape index (κ1) is 11.2. The van der Waals surface area contributed by atoms with E-state index in [2.05, 4.69) is 4.98 Å². The van der Waals surface area contributed by atoms with Crippen molar-refractivity contribution < 1.29 is 9.47 Å². The molecule has 0 saturated carbocycles. The molecular formula is C13H13BN2O2. The van der Waals surface area contributed by atoms with Crippen LogP contribution >= 0.6 is 0 Å². The van der Waals surface area contributed by atoms with Crippen molar-refractivity contribution in [1.29, 1.82) is 0 Å². The van der Waals surface area contributed by atoms with Crippen molar-refractivity contribution in [2.75, 3.05) is 32.2 Å². The smallest absolute Gasteiger partial charge is 0.171 e. The van der Waals surface area contributed by atoms with Gasteiger partial charge in [-0.15, -0.1) is 0 Å². The van der Waals surface area contributed by atoms with Gasteiger partial charge in [-0.3, -0.25) is 0 Å². The van der Waals surface area contributed by atoms with E-state index in [1.54, 1.807) is 7.11 Å². The fourth-order valence-corrected chi connectivity index (χ4v) is 2.20. The summed E-state index contributed by atoms with van der Waals surface area (Å²) in [5, 5.41) is 1.84. The number of methoxy groups -OCH3 is 1. The molecule has 0 N–H and O–H groups in total. The van der Waals surface area contributed by atoms with Gasteiger partial charge in [0.2, 0.25) is 0 Å². The van der Waals surface area contributed by atoms with E-state index in [9.17, 15) is 0 Å². The van der Waals surface area contributed by atoms with Crippen LogP contribution in [-0.4, -0.2) is 40.1 Å². The minimum absolute atomic E-state index is 0.517. The number of rotatable bonds is 1. The Hall–Kier alpha value is -1.91. The maximum Gasteiger partial charge on any atom is 0.171 e. The van der Waals surface area contributed by atoms with E-state index < -0.39 is 0 Å². The number of hydrogen-bond donors (Lipinski definition) is 0. The van der Waals surface area contributed by atoms with Crippen LogP contribution in [0, 0.1) is 0 Å². The molecule has 0 spiro atoms. The highest BCUT2D eigenvalue weighted by Crippen LogP contribution is 2.36. The van der Waals surface area contributed by atoms with Crippen LogP contribution in [0.2, 0.25) is 0 Å². The second-order valence-electron chi connectivity index (χ2n) is 4.33. The summed E-state index contributed by atoms with van der Waals surface area (Å²) in [7, 11) is 9.63. The van der Waals surface area contributed by atoms with E-state index in [1.165, 1.54) is 0 Å². The topological polar surface area (TPSA) is 34.6 Å². The van der Waals surface area contributed by atoms with E-state index in [1.807, 2.05) is 30.1 Å². The number of benzene rings is 1. The van der Waals surface area contributed by atoms with Crippen molar-refractivity contribution >= 4 is 30.0 Å². The molecule has 0 bridgehead atoms. The van der Waals surface area contributed by atoms with Crippen LogP contribution < -0.4 is 20.0 Å². The largest absolute Gasteiger partial charge is 0.497 e. The average molecular weight is 240 g/mol. The molecule has 0 unspecified atom stereocenters. The van der Waals surface area contributed by atoms with Gasteiger partial charge in [0.1, 0.15) is 20.2 Å². The summed E-state index contributed by atoms with van der Waals surface area (Å²) in [6.45, 7) is 1.47. The van der Waals surface area contributed by atoms with Crippen LogP contribution in [-0.2, 0) is 0 Å². The predicted molar refractivity (Wildman–Crippen MR) is 72.4 cm³/mol. The Balaban J connectivity index is 2.34. The van der Waals surface area contributed by atoms with Crippen molar-refractivity contribution in [2.24, 2.45) is 0 Å². The van der Waals surface area contributed by atoms with E-state index in [4.69, 9.17) is 17.3 Å². The Kier molecular flexibility index (Phi) is 2.54. The van der Waals surface area contributed by atoms with Crippen LogP contribution in [0.4, 0.5) is 5.82 Å². The van der Waals surface area contributed by atoms with Crippen LogP contribution in [0.5, 0.6) is 11.5 Å². The molecule has 4 nitrogen and oxygen atoms in total. The van der Waals surface area contributed by atoms with Crippen LogP contribution in [0.25, 0.3) is 10.8 Å². The molecule has 5 heteroatoms. The minimum atomic E-state index is 0.517. The Morgan fingerprint density at radius 3 is 3.00 bits per heavy atom. The molecule has 0 amide bonds. The minimum Gasteiger partial charge on any atom is -0.497 e. The molecule has 2 radical (unpaired) electrons. The van der Waals surface area contributed by atoms with E-state index in [-0.39, 0.29) is 0 Å². The van der Waals surface area contributed by atoms with Gasteiger partial charge in [0.05, 0.1) is 13.7 Å². The zero-order valence-corrected chi connectivity index (χ0v) is 10.4. The summed E-state index contributed by atoms with van der Waals surface area (Å²) in [4.78, 5) is 6.47. The van der Waals surface area contributed by atoms with E-state index in [0.717, 1.165) is 34.6 Å². The third kappa shape index (κ3) is 1.58. The standard InChI is InChI=1S/C13H13BN2O2/c1-16-5-6-18-11-10-7-8(17-2)3-4-9(10)12(14)15-13(11)16/h3-4,7H,5-6H2,1-2H3. The lowest BCUT2D eigenvalue weighted by molar-refractivity contribution is 0.313. The van der Waals surface area contributed by atoms with Crippen molar-refractivity contribution in [2.45, 2.75) is 0 Å². The third-order valence-electron chi connectivity index (χ3n) is 3.21. The second kappa shape index (κ2) is 4.08. The van der Waals surface area contributed by atoms with Crippen molar-refractivity contribution in [3.8, 4) is 11.5 Å². The lowest BCUT2D eigenvalue weighted by Crippen LogP contribution is -2.31. The van der Waals surface area contributed by atoms with Gasteiger partial charge in [-0.25, -0.2) is 4.98 Å². The fraction of sp³-hybridized carbons (Fsp3) is 0.308. The van der Waals surface area contributed by atoms with Crippen LogP contribution in [0.1, 0.15) is 0 Å². The number of pyridine rings is 1. The molecular weight excluding hydrogens is 227 g/mol. The van der Waals surface area contributed by atoms with Gasteiger partial charge in [0.15, 0.2) is 11.6 Å². The molecule has 90 valence electrons. The zero-order valence-electron chi connectivity index (χ0n) is 10.4. The third-order valence-corrected chi connectivity index (χ3v) is 3.21. The molecule has 0 aliphatic carbocycles. The predicted octanol–water partition coefficient (Wildman–Crippen LogP) is 0.866. The zero-order chi connectivity index (χ0) is 12.7. The maximum atomic E-state index is 6.00. The van der Waals surface area contributed by atoms with Gasteiger partial charge in [-0.1, -0.05) is 0 Å². The first-order chi connectivity index (χ1) is 8.70. The number of aromatic nitrogens is 1. The highest BCUT2D eigenvalue weighted by atomic mass is 16.5. The maximum absolute atomic E-state index is 6.00. The van der Waals surface area contributed by atoms with Gasteiger partial charge in [-0.05, 0) is 29.2 Å². The Labute approximate surface area is 107 Å².